The van der Waals surface area contributed by atoms with E-state index < -0.39 is 47.3 Å². The number of carbonyl (C=O) groups excluding carboxylic acids is 6. The zero-order valence-corrected chi connectivity index (χ0v) is 38.0. The van der Waals surface area contributed by atoms with Crippen LogP contribution in [0.3, 0.4) is 0 Å². The number of aryl methyl sites for hydroxylation is 2. The molecule has 18 heteroatoms. The summed E-state index contributed by atoms with van der Waals surface area (Å²) in [5, 5.41) is 27.6. The Morgan fingerprint density at radius 1 is 0.516 bits per heavy atom. The summed E-state index contributed by atoms with van der Waals surface area (Å²) in [6.07, 6.45) is 0.790. The summed E-state index contributed by atoms with van der Waals surface area (Å²) in [6.45, 7) is 6.08. The van der Waals surface area contributed by atoms with Crippen molar-refractivity contribution < 1.29 is 28.8 Å². The topological polar surface area (TPSA) is 200 Å². The highest BCUT2D eigenvalue weighted by Crippen LogP contribution is 2.30. The normalized spacial score (nSPS) is 12.1. The molecule has 2 unspecified atom stereocenters. The van der Waals surface area contributed by atoms with Gasteiger partial charge in [-0.1, -0.05) is 61.3 Å². The van der Waals surface area contributed by atoms with Crippen LogP contribution in [0.2, 0.25) is 10.0 Å². The van der Waals surface area contributed by atoms with Crippen molar-refractivity contribution in [3.05, 3.63) is 140 Å². The molecule has 0 aromatic heterocycles. The zero-order valence-electron chi connectivity index (χ0n) is 35.0. The fraction of sp³-hybridized carbons (Fsp3) is 0.217. The third kappa shape index (κ3) is 12.9. The molecule has 0 aliphatic rings. The van der Waals surface area contributed by atoms with E-state index in [-0.39, 0.29) is 32.5 Å². The van der Waals surface area contributed by atoms with Gasteiger partial charge in [0.15, 0.2) is 11.6 Å². The average molecular weight is 945 g/mol. The summed E-state index contributed by atoms with van der Waals surface area (Å²) in [5.74, 6) is -3.10. The molecule has 0 radical (unpaired) electrons. The molecule has 2 atom stereocenters. The third-order valence-electron chi connectivity index (χ3n) is 9.54. The first-order valence-electron chi connectivity index (χ1n) is 19.8. The van der Waals surface area contributed by atoms with E-state index in [4.69, 9.17) is 46.4 Å². The molecule has 330 valence electrons. The molecule has 0 saturated carbocycles. The van der Waals surface area contributed by atoms with Crippen LogP contribution in [0.25, 0.3) is 0 Å². The van der Waals surface area contributed by atoms with Crippen molar-refractivity contribution in [2.24, 2.45) is 20.5 Å². The highest BCUT2D eigenvalue weighted by molar-refractivity contribution is 6.35. The Bertz CT molecular complexity index is 2610. The predicted octanol–water partition coefficient (Wildman–Crippen LogP) is 11.5. The van der Waals surface area contributed by atoms with E-state index in [1.807, 2.05) is 13.8 Å². The van der Waals surface area contributed by atoms with Crippen LogP contribution in [0.15, 0.2) is 118 Å². The fourth-order valence-electron chi connectivity index (χ4n) is 6.10. The molecule has 5 aromatic rings. The first-order chi connectivity index (χ1) is 30.6. The van der Waals surface area contributed by atoms with Crippen molar-refractivity contribution in [1.82, 2.24) is 0 Å². The van der Waals surface area contributed by atoms with E-state index in [1.165, 1.54) is 50.2 Å². The summed E-state index contributed by atoms with van der Waals surface area (Å²) >= 11 is 24.4. The van der Waals surface area contributed by atoms with Gasteiger partial charge in [-0.3, -0.25) is 28.8 Å². The zero-order chi connectivity index (χ0) is 46.5. The number of hydrogen-bond donors (Lipinski definition) is 4. The summed E-state index contributed by atoms with van der Waals surface area (Å²) in [6, 6.07) is 22.7. The SMILES string of the molecule is CCc1cc(NC(=O)C(N=Nc2ccc(Cl)c(C(=O)Nc3ccc(CCl)cc3)c2)C(C)=O)cc(CC)c1NC(=O)C(N=Nc1ccc(Cl)c(C(=O)Nc2ccc(CCl)cc2)c1)C(C)=O. The van der Waals surface area contributed by atoms with E-state index in [2.05, 4.69) is 41.7 Å². The molecule has 0 fully saturated rings. The monoisotopic (exact) mass is 942 g/mol. The molecule has 0 saturated heterocycles. The number of azo groups is 2. The lowest BCUT2D eigenvalue weighted by Gasteiger charge is -2.19. The van der Waals surface area contributed by atoms with Gasteiger partial charge < -0.3 is 21.3 Å². The number of nitrogens with zero attached hydrogens (tertiary/aromatic N) is 4. The third-order valence-corrected chi connectivity index (χ3v) is 10.8. The van der Waals surface area contributed by atoms with Crippen molar-refractivity contribution in [3.8, 4) is 0 Å². The van der Waals surface area contributed by atoms with Gasteiger partial charge in [-0.2, -0.15) is 20.5 Å². The molecular formula is C46H42Cl4N8O6. The van der Waals surface area contributed by atoms with Gasteiger partial charge in [0.05, 0.1) is 32.5 Å². The first-order valence-corrected chi connectivity index (χ1v) is 21.6. The minimum Gasteiger partial charge on any atom is -0.324 e. The van der Waals surface area contributed by atoms with Crippen molar-refractivity contribution in [2.75, 3.05) is 21.3 Å². The number of nitrogens with one attached hydrogen (secondary N) is 4. The number of alkyl halides is 2. The smallest absolute Gasteiger partial charge is 0.258 e. The van der Waals surface area contributed by atoms with Gasteiger partial charge in [0.1, 0.15) is 0 Å². The molecule has 5 rings (SSSR count). The molecule has 14 nitrogen and oxygen atoms in total. The Morgan fingerprint density at radius 2 is 0.906 bits per heavy atom. The van der Waals surface area contributed by atoms with E-state index >= 15 is 0 Å². The Hall–Kier alpha value is -6.32. The fourth-order valence-corrected chi connectivity index (χ4v) is 6.86. The highest BCUT2D eigenvalue weighted by atomic mass is 35.5. The van der Waals surface area contributed by atoms with Crippen molar-refractivity contribution in [2.45, 2.75) is 64.4 Å². The molecule has 0 aliphatic carbocycles. The molecule has 0 heterocycles. The van der Waals surface area contributed by atoms with Gasteiger partial charge in [-0.15, -0.1) is 23.2 Å². The molecule has 4 N–H and O–H groups in total. The second kappa shape index (κ2) is 22.9. The van der Waals surface area contributed by atoms with Gasteiger partial charge in [0, 0.05) is 34.5 Å². The van der Waals surface area contributed by atoms with Crippen LogP contribution in [-0.4, -0.2) is 47.3 Å². The van der Waals surface area contributed by atoms with Gasteiger partial charge in [-0.05, 0) is 122 Å². The average Bonchev–Trinajstić information content (AvgIpc) is 3.28. The number of Topliss-reactive ketones (excluding diaryl/α,β-unsaturated/α-hetero) is 2. The van der Waals surface area contributed by atoms with Gasteiger partial charge in [0.25, 0.3) is 23.6 Å². The van der Waals surface area contributed by atoms with E-state index in [9.17, 15) is 28.8 Å². The van der Waals surface area contributed by atoms with Crippen molar-refractivity contribution in [1.29, 1.82) is 0 Å². The molecule has 4 amide bonds. The van der Waals surface area contributed by atoms with Crippen molar-refractivity contribution in [3.63, 3.8) is 0 Å². The van der Waals surface area contributed by atoms with E-state index in [0.717, 1.165) is 11.1 Å². The number of anilines is 4. The standard InChI is InChI=1S/C46H42Cl4N8O6/c1-5-29-19-35(53-45(63)40(25(3)59)57-55-33-15-17-38(49)36(21-33)43(61)51-31-11-7-27(23-47)8-12-31)20-30(6-2)42(29)54-46(64)41(26(4)60)58-56-34-16-18-39(50)37(22-34)44(62)52-32-13-9-28(24-48)10-14-32/h7-22,40-41H,5-6,23-24H2,1-4H3,(H,51,61)(H,52,62)(H,53,63)(H,54,64). The largest absolute Gasteiger partial charge is 0.324 e. The molecule has 5 aromatic carbocycles. The number of rotatable bonds is 18. The Labute approximate surface area is 389 Å². The quantitative estimate of drug-likeness (QED) is 0.0382. The Morgan fingerprint density at radius 3 is 1.27 bits per heavy atom. The molecule has 0 bridgehead atoms. The summed E-state index contributed by atoms with van der Waals surface area (Å²) in [5.41, 5.74) is 5.27. The van der Waals surface area contributed by atoms with Crippen LogP contribution in [0.1, 0.15) is 70.7 Å². The number of amides is 4. The maximum atomic E-state index is 13.6. The van der Waals surface area contributed by atoms with Gasteiger partial charge in [-0.25, -0.2) is 0 Å². The predicted molar refractivity (Wildman–Crippen MR) is 251 cm³/mol. The lowest BCUT2D eigenvalue weighted by Crippen LogP contribution is -2.33. The van der Waals surface area contributed by atoms with Crippen LogP contribution < -0.4 is 21.3 Å². The van der Waals surface area contributed by atoms with E-state index in [1.54, 1.807) is 60.7 Å². The second-order valence-electron chi connectivity index (χ2n) is 14.2. The lowest BCUT2D eigenvalue weighted by atomic mass is 10.0. The van der Waals surface area contributed by atoms with Crippen LogP contribution in [0.5, 0.6) is 0 Å². The number of ketones is 2. The molecule has 0 spiro atoms. The highest BCUT2D eigenvalue weighted by Gasteiger charge is 2.27. The molecule has 64 heavy (non-hydrogen) atoms. The Balaban J connectivity index is 1.29. The number of carbonyl (C=O) groups is 6. The van der Waals surface area contributed by atoms with E-state index in [0.29, 0.717) is 58.5 Å². The number of halogens is 4. The maximum absolute atomic E-state index is 13.6. The number of hydrogen-bond acceptors (Lipinski definition) is 10. The van der Waals surface area contributed by atoms with Gasteiger partial charge in [0.2, 0.25) is 12.1 Å². The molecule has 0 aliphatic heterocycles. The van der Waals surface area contributed by atoms with Crippen LogP contribution in [0.4, 0.5) is 34.1 Å². The first kappa shape index (κ1) is 48.7. The van der Waals surface area contributed by atoms with Crippen LogP contribution in [0, 0.1) is 0 Å². The maximum Gasteiger partial charge on any atom is 0.258 e. The Kier molecular flexibility index (Phi) is 17.4. The minimum atomic E-state index is -1.55. The van der Waals surface area contributed by atoms with Crippen molar-refractivity contribution >= 4 is 116 Å². The van der Waals surface area contributed by atoms with Gasteiger partial charge >= 0.3 is 0 Å². The molecular weight excluding hydrogens is 902 g/mol. The second-order valence-corrected chi connectivity index (χ2v) is 15.6. The summed E-state index contributed by atoms with van der Waals surface area (Å²) < 4.78 is 0. The lowest BCUT2D eigenvalue weighted by molar-refractivity contribution is -0.127. The summed E-state index contributed by atoms with van der Waals surface area (Å²) in [7, 11) is 0. The van der Waals surface area contributed by atoms with Crippen LogP contribution >= 0.6 is 46.4 Å². The van der Waals surface area contributed by atoms with Crippen LogP contribution in [-0.2, 0) is 43.8 Å². The minimum absolute atomic E-state index is 0.0931. The summed E-state index contributed by atoms with van der Waals surface area (Å²) in [4.78, 5) is 78.7. The number of benzene rings is 5.